The van der Waals surface area contributed by atoms with E-state index in [9.17, 15) is 24.0 Å². The Morgan fingerprint density at radius 2 is 1.08 bits per heavy atom. The number of carbonyl (C=O) groups excluding carboxylic acids is 5. The SMILES string of the molecule is C=CC(=O)OCCCCCCOC(=O)Oc1ccc(C(=O)Oc2ccc(C(=O)O[C@H]3COC4C3OC[C@H]4OC(=O)c3ccc(C)cc3)cc2)cc1. The highest BCUT2D eigenvalue weighted by Crippen LogP contribution is 2.31. The fourth-order valence-corrected chi connectivity index (χ4v) is 5.29. The molecule has 0 aromatic heterocycles. The van der Waals surface area contributed by atoms with Gasteiger partial charge < -0.3 is 37.9 Å². The first-order valence-electron chi connectivity index (χ1n) is 16.5. The maximum absolute atomic E-state index is 12.9. The molecule has 0 aliphatic carbocycles. The van der Waals surface area contributed by atoms with Crippen LogP contribution in [-0.2, 0) is 33.2 Å². The van der Waals surface area contributed by atoms with Crippen LogP contribution in [-0.4, -0.2) is 80.9 Å². The number of esters is 4. The van der Waals surface area contributed by atoms with Crippen molar-refractivity contribution in [2.24, 2.45) is 0 Å². The fourth-order valence-electron chi connectivity index (χ4n) is 5.29. The van der Waals surface area contributed by atoms with Crippen LogP contribution in [0.4, 0.5) is 4.79 Å². The largest absolute Gasteiger partial charge is 0.513 e. The van der Waals surface area contributed by atoms with E-state index in [4.69, 9.17) is 37.9 Å². The molecule has 13 heteroatoms. The fraction of sp³-hybridized carbons (Fsp3) is 0.342. The zero-order valence-corrected chi connectivity index (χ0v) is 28.0. The number of fused-ring (bicyclic) bond motifs is 1. The van der Waals surface area contributed by atoms with Crippen molar-refractivity contribution < 1.29 is 61.9 Å². The summed E-state index contributed by atoms with van der Waals surface area (Å²) in [5, 5.41) is 0. The van der Waals surface area contributed by atoms with Crippen LogP contribution in [0.1, 0.15) is 62.3 Å². The highest BCUT2D eigenvalue weighted by Gasteiger charge is 2.51. The summed E-state index contributed by atoms with van der Waals surface area (Å²) in [6.07, 6.45) is 0.670. The molecule has 2 heterocycles. The quantitative estimate of drug-likeness (QED) is 0.0484. The van der Waals surface area contributed by atoms with Gasteiger partial charge >= 0.3 is 30.0 Å². The summed E-state index contributed by atoms with van der Waals surface area (Å²) in [5.41, 5.74) is 1.87. The van der Waals surface area contributed by atoms with E-state index in [2.05, 4.69) is 6.58 Å². The van der Waals surface area contributed by atoms with E-state index in [1.54, 1.807) is 12.1 Å². The third kappa shape index (κ3) is 10.5. The number of benzene rings is 3. The van der Waals surface area contributed by atoms with Gasteiger partial charge in [0, 0.05) is 6.08 Å². The summed E-state index contributed by atoms with van der Waals surface area (Å²) in [6, 6.07) is 18.6. The molecule has 2 aliphatic heterocycles. The molecular weight excluding hydrogens is 664 g/mol. The lowest BCUT2D eigenvalue weighted by molar-refractivity contribution is -0.137. The van der Waals surface area contributed by atoms with Gasteiger partial charge in [0.1, 0.15) is 23.7 Å². The van der Waals surface area contributed by atoms with Crippen LogP contribution >= 0.6 is 0 Å². The molecule has 3 aromatic rings. The molecule has 13 nitrogen and oxygen atoms in total. The molecular formula is C38H38O13. The van der Waals surface area contributed by atoms with E-state index < -0.39 is 54.4 Å². The Balaban J connectivity index is 1.00. The predicted octanol–water partition coefficient (Wildman–Crippen LogP) is 5.57. The first-order chi connectivity index (χ1) is 24.7. The van der Waals surface area contributed by atoms with Gasteiger partial charge in [0.05, 0.1) is 43.1 Å². The number of ether oxygens (including phenoxy) is 8. The molecule has 2 aliphatic rings. The van der Waals surface area contributed by atoms with Crippen LogP contribution in [0, 0.1) is 6.92 Å². The lowest BCUT2D eigenvalue weighted by Crippen LogP contribution is -2.36. The molecule has 2 unspecified atom stereocenters. The summed E-state index contributed by atoms with van der Waals surface area (Å²) in [6.45, 7) is 5.94. The number of hydrogen-bond donors (Lipinski definition) is 0. The smallest absolute Gasteiger partial charge is 0.463 e. The molecule has 0 amide bonds. The Morgan fingerprint density at radius 1 is 0.627 bits per heavy atom. The van der Waals surface area contributed by atoms with Crippen LogP contribution in [0.2, 0.25) is 0 Å². The summed E-state index contributed by atoms with van der Waals surface area (Å²) in [5.74, 6) is -1.85. The van der Waals surface area contributed by atoms with Gasteiger partial charge in [0.25, 0.3) is 0 Å². The maximum atomic E-state index is 12.9. The third-order valence-electron chi connectivity index (χ3n) is 8.03. The number of carbonyl (C=O) groups is 5. The Morgan fingerprint density at radius 3 is 1.59 bits per heavy atom. The monoisotopic (exact) mass is 702 g/mol. The molecule has 0 N–H and O–H groups in total. The van der Waals surface area contributed by atoms with E-state index in [-0.39, 0.29) is 42.4 Å². The minimum Gasteiger partial charge on any atom is -0.463 e. The van der Waals surface area contributed by atoms with Crippen molar-refractivity contribution in [1.29, 1.82) is 0 Å². The van der Waals surface area contributed by atoms with E-state index in [0.29, 0.717) is 25.0 Å². The second-order valence-corrected chi connectivity index (χ2v) is 11.8. The molecule has 3 aromatic carbocycles. The second-order valence-electron chi connectivity index (χ2n) is 11.8. The molecule has 4 atom stereocenters. The number of unbranched alkanes of at least 4 members (excludes halogenated alkanes) is 3. The van der Waals surface area contributed by atoms with Crippen molar-refractivity contribution in [1.82, 2.24) is 0 Å². The van der Waals surface area contributed by atoms with Crippen molar-refractivity contribution in [3.8, 4) is 11.5 Å². The molecule has 2 saturated heterocycles. The van der Waals surface area contributed by atoms with Crippen LogP contribution in [0.3, 0.4) is 0 Å². The van der Waals surface area contributed by atoms with E-state index in [1.165, 1.54) is 48.5 Å². The Kier molecular flexibility index (Phi) is 12.9. The summed E-state index contributed by atoms with van der Waals surface area (Å²) in [7, 11) is 0. The standard InChI is InChI=1S/C38H38O13/c1-3-32(39)44-20-6-4-5-7-21-45-38(43)49-29-18-14-26(15-19-29)35(40)48-28-16-12-27(13-17-28)37(42)51-31-23-47-33-30(22-46-34(31)33)50-36(41)25-10-8-24(2)9-11-25/h3,8-19,30-31,33-34H,1,4-7,20-23H2,2H3/t30-,31+,33?,34?/m1/s1. The van der Waals surface area contributed by atoms with Gasteiger partial charge in [-0.1, -0.05) is 24.3 Å². The minimum atomic E-state index is -0.872. The lowest BCUT2D eigenvalue weighted by atomic mass is 10.1. The van der Waals surface area contributed by atoms with Gasteiger partial charge in [-0.3, -0.25) is 0 Å². The maximum Gasteiger partial charge on any atom is 0.513 e. The average molecular weight is 703 g/mol. The Labute approximate surface area is 294 Å². The summed E-state index contributed by atoms with van der Waals surface area (Å²) in [4.78, 5) is 61.1. The zero-order chi connectivity index (χ0) is 36.2. The highest BCUT2D eigenvalue weighted by molar-refractivity contribution is 5.92. The molecule has 2 fully saturated rings. The minimum absolute atomic E-state index is 0.0829. The molecule has 0 bridgehead atoms. The highest BCUT2D eigenvalue weighted by atomic mass is 16.7. The molecule has 0 saturated carbocycles. The summed E-state index contributed by atoms with van der Waals surface area (Å²) < 4.78 is 43.3. The van der Waals surface area contributed by atoms with Crippen molar-refractivity contribution in [2.45, 2.75) is 57.0 Å². The van der Waals surface area contributed by atoms with Crippen LogP contribution in [0.5, 0.6) is 11.5 Å². The average Bonchev–Trinajstić information content (AvgIpc) is 3.72. The summed E-state index contributed by atoms with van der Waals surface area (Å²) >= 11 is 0. The van der Waals surface area contributed by atoms with Crippen molar-refractivity contribution in [3.63, 3.8) is 0 Å². The number of rotatable bonds is 15. The molecule has 5 rings (SSSR count). The molecule has 0 spiro atoms. The van der Waals surface area contributed by atoms with Gasteiger partial charge in [-0.15, -0.1) is 0 Å². The Hall–Kier alpha value is -5.53. The predicted molar refractivity (Wildman–Crippen MR) is 179 cm³/mol. The first kappa shape index (κ1) is 36.7. The third-order valence-corrected chi connectivity index (χ3v) is 8.03. The van der Waals surface area contributed by atoms with Gasteiger partial charge in [0.15, 0.2) is 12.2 Å². The van der Waals surface area contributed by atoms with Gasteiger partial charge in [-0.25, -0.2) is 24.0 Å². The van der Waals surface area contributed by atoms with E-state index in [0.717, 1.165) is 24.5 Å². The van der Waals surface area contributed by atoms with Crippen molar-refractivity contribution in [3.05, 3.63) is 108 Å². The van der Waals surface area contributed by atoms with Gasteiger partial charge in [-0.2, -0.15) is 0 Å². The van der Waals surface area contributed by atoms with Crippen LogP contribution in [0.15, 0.2) is 85.5 Å². The van der Waals surface area contributed by atoms with E-state index >= 15 is 0 Å². The molecule has 51 heavy (non-hydrogen) atoms. The van der Waals surface area contributed by atoms with Crippen molar-refractivity contribution >= 4 is 30.0 Å². The second kappa shape index (κ2) is 17.9. The molecule has 268 valence electrons. The first-order valence-corrected chi connectivity index (χ1v) is 16.5. The lowest BCUT2D eigenvalue weighted by Gasteiger charge is -2.17. The van der Waals surface area contributed by atoms with Crippen molar-refractivity contribution in [2.75, 3.05) is 26.4 Å². The normalized spacial score (nSPS) is 18.9. The number of hydrogen-bond acceptors (Lipinski definition) is 13. The van der Waals surface area contributed by atoms with E-state index in [1.807, 2.05) is 19.1 Å². The Bertz CT molecular complexity index is 1680. The van der Waals surface area contributed by atoms with Gasteiger partial charge in [0.2, 0.25) is 0 Å². The number of aryl methyl sites for hydroxylation is 1. The van der Waals surface area contributed by atoms with Gasteiger partial charge in [-0.05, 0) is 93.3 Å². The van der Waals surface area contributed by atoms with Crippen LogP contribution in [0.25, 0.3) is 0 Å². The zero-order valence-electron chi connectivity index (χ0n) is 28.0. The molecule has 0 radical (unpaired) electrons. The van der Waals surface area contributed by atoms with Crippen LogP contribution < -0.4 is 9.47 Å². The topological polar surface area (TPSA) is 159 Å².